The Morgan fingerprint density at radius 3 is 2.80 bits per heavy atom. The second-order valence-electron chi connectivity index (χ2n) is 3.33. The molecule has 0 aromatic carbocycles. The third-order valence-corrected chi connectivity index (χ3v) is 3.63. The molecule has 1 aromatic heterocycles. The van der Waals surface area contributed by atoms with Gasteiger partial charge in [0.2, 0.25) is 0 Å². The molecule has 2 unspecified atom stereocenters. The molecule has 0 fully saturated rings. The summed E-state index contributed by atoms with van der Waals surface area (Å²) in [6.07, 6.45) is 1.99. The SMILES string of the molecule is CSC(CO)C(C)NCc1ccc(Cl)o1. The lowest BCUT2D eigenvalue weighted by molar-refractivity contribution is 0.274. The van der Waals surface area contributed by atoms with Gasteiger partial charge in [-0.3, -0.25) is 0 Å². The van der Waals surface area contributed by atoms with E-state index in [1.807, 2.05) is 19.2 Å². The van der Waals surface area contributed by atoms with Crippen molar-refractivity contribution in [3.8, 4) is 0 Å². The fourth-order valence-corrected chi connectivity index (χ4v) is 2.09. The maximum atomic E-state index is 9.09. The number of hydrogen-bond donors (Lipinski definition) is 2. The summed E-state index contributed by atoms with van der Waals surface area (Å²) >= 11 is 7.30. The van der Waals surface area contributed by atoms with Crippen LogP contribution < -0.4 is 5.32 Å². The van der Waals surface area contributed by atoms with Gasteiger partial charge in [0, 0.05) is 11.3 Å². The van der Waals surface area contributed by atoms with E-state index < -0.39 is 0 Å². The number of thioether (sulfide) groups is 1. The number of nitrogens with one attached hydrogen (secondary N) is 1. The highest BCUT2D eigenvalue weighted by atomic mass is 35.5. The van der Waals surface area contributed by atoms with E-state index in [4.69, 9.17) is 21.1 Å². The van der Waals surface area contributed by atoms with E-state index in [2.05, 4.69) is 5.32 Å². The van der Waals surface area contributed by atoms with Gasteiger partial charge in [0.1, 0.15) is 5.76 Å². The Labute approximate surface area is 99.2 Å². The van der Waals surface area contributed by atoms with Crippen molar-refractivity contribution >= 4 is 23.4 Å². The smallest absolute Gasteiger partial charge is 0.193 e. The molecule has 3 nitrogen and oxygen atoms in total. The first-order valence-electron chi connectivity index (χ1n) is 4.78. The first kappa shape index (κ1) is 12.9. The molecule has 0 saturated heterocycles. The minimum absolute atomic E-state index is 0.175. The summed E-state index contributed by atoms with van der Waals surface area (Å²) in [5.41, 5.74) is 0. The number of furan rings is 1. The summed E-state index contributed by atoms with van der Waals surface area (Å²) in [6.45, 7) is 2.85. The summed E-state index contributed by atoms with van der Waals surface area (Å²) in [6, 6.07) is 3.80. The van der Waals surface area contributed by atoms with Gasteiger partial charge in [-0.2, -0.15) is 11.8 Å². The fraction of sp³-hybridized carbons (Fsp3) is 0.600. The molecule has 86 valence electrons. The van der Waals surface area contributed by atoms with E-state index in [0.29, 0.717) is 11.8 Å². The van der Waals surface area contributed by atoms with Crippen LogP contribution in [0.25, 0.3) is 0 Å². The first-order chi connectivity index (χ1) is 7.17. The Morgan fingerprint density at radius 2 is 2.33 bits per heavy atom. The van der Waals surface area contributed by atoms with Crippen LogP contribution in [0.3, 0.4) is 0 Å². The summed E-state index contributed by atoms with van der Waals surface area (Å²) in [4.78, 5) is 0. The van der Waals surface area contributed by atoms with Crippen molar-refractivity contribution in [2.75, 3.05) is 12.9 Å². The van der Waals surface area contributed by atoms with Crippen LogP contribution in [0.4, 0.5) is 0 Å². The third kappa shape index (κ3) is 4.07. The lowest BCUT2D eigenvalue weighted by Gasteiger charge is -2.20. The topological polar surface area (TPSA) is 45.4 Å². The second-order valence-corrected chi connectivity index (χ2v) is 4.78. The van der Waals surface area contributed by atoms with Crippen molar-refractivity contribution in [1.29, 1.82) is 0 Å². The van der Waals surface area contributed by atoms with Gasteiger partial charge in [-0.15, -0.1) is 0 Å². The van der Waals surface area contributed by atoms with Crippen molar-refractivity contribution in [1.82, 2.24) is 5.32 Å². The summed E-state index contributed by atoms with van der Waals surface area (Å²) < 4.78 is 5.21. The molecule has 0 spiro atoms. The van der Waals surface area contributed by atoms with Gasteiger partial charge in [0.15, 0.2) is 5.22 Å². The Kier molecular flexibility index (Phi) is 5.53. The molecule has 0 aliphatic carbocycles. The van der Waals surface area contributed by atoms with Gasteiger partial charge in [-0.1, -0.05) is 0 Å². The number of aliphatic hydroxyl groups excluding tert-OH is 1. The van der Waals surface area contributed by atoms with Crippen molar-refractivity contribution in [3.63, 3.8) is 0 Å². The van der Waals surface area contributed by atoms with E-state index in [0.717, 1.165) is 5.76 Å². The van der Waals surface area contributed by atoms with Crippen LogP contribution in [0, 0.1) is 0 Å². The summed E-state index contributed by atoms with van der Waals surface area (Å²) in [7, 11) is 0. The van der Waals surface area contributed by atoms with Gasteiger partial charge in [-0.25, -0.2) is 0 Å². The summed E-state index contributed by atoms with van der Waals surface area (Å²) in [5.74, 6) is 0.810. The van der Waals surface area contributed by atoms with E-state index >= 15 is 0 Å². The predicted octanol–water partition coefficient (Wildman–Crippen LogP) is 2.13. The van der Waals surface area contributed by atoms with Crippen molar-refractivity contribution in [2.45, 2.75) is 24.8 Å². The van der Waals surface area contributed by atoms with Crippen LogP contribution in [-0.2, 0) is 6.54 Å². The highest BCUT2D eigenvalue weighted by Crippen LogP contribution is 2.14. The van der Waals surface area contributed by atoms with Crippen LogP contribution in [0.1, 0.15) is 12.7 Å². The summed E-state index contributed by atoms with van der Waals surface area (Å²) in [5, 5.41) is 13.0. The van der Waals surface area contributed by atoms with E-state index in [-0.39, 0.29) is 17.9 Å². The van der Waals surface area contributed by atoms with Crippen molar-refractivity contribution < 1.29 is 9.52 Å². The van der Waals surface area contributed by atoms with E-state index in [1.165, 1.54) is 0 Å². The molecule has 0 aliphatic rings. The number of aliphatic hydroxyl groups is 1. The standard InChI is InChI=1S/C10H16ClNO2S/c1-7(9(6-13)15-2)12-5-8-3-4-10(11)14-8/h3-4,7,9,12-13H,5-6H2,1-2H3. The molecular formula is C10H16ClNO2S. The molecule has 2 N–H and O–H groups in total. The Bertz CT molecular complexity index is 289. The third-order valence-electron chi connectivity index (χ3n) is 2.27. The highest BCUT2D eigenvalue weighted by molar-refractivity contribution is 7.99. The Balaban J connectivity index is 2.36. The molecule has 0 saturated carbocycles. The van der Waals surface area contributed by atoms with Crippen molar-refractivity contribution in [3.05, 3.63) is 23.1 Å². The number of hydrogen-bond acceptors (Lipinski definition) is 4. The zero-order chi connectivity index (χ0) is 11.3. The van der Waals surface area contributed by atoms with Gasteiger partial charge >= 0.3 is 0 Å². The normalized spacial score (nSPS) is 15.2. The van der Waals surface area contributed by atoms with Gasteiger partial charge in [-0.05, 0) is 36.9 Å². The molecule has 1 heterocycles. The molecule has 2 atom stereocenters. The Hall–Kier alpha value is -0.160. The van der Waals surface area contributed by atoms with Crippen LogP contribution in [0.2, 0.25) is 5.22 Å². The monoisotopic (exact) mass is 249 g/mol. The Morgan fingerprint density at radius 1 is 1.60 bits per heavy atom. The van der Waals surface area contributed by atoms with Crippen LogP contribution in [-0.4, -0.2) is 29.3 Å². The van der Waals surface area contributed by atoms with Crippen LogP contribution in [0.5, 0.6) is 0 Å². The lowest BCUT2D eigenvalue weighted by Crippen LogP contribution is -2.36. The average Bonchev–Trinajstić information content (AvgIpc) is 2.63. The molecular weight excluding hydrogens is 234 g/mol. The maximum Gasteiger partial charge on any atom is 0.193 e. The maximum absolute atomic E-state index is 9.09. The number of halogens is 1. The zero-order valence-electron chi connectivity index (χ0n) is 8.87. The van der Waals surface area contributed by atoms with Gasteiger partial charge < -0.3 is 14.8 Å². The molecule has 5 heteroatoms. The molecule has 0 amide bonds. The largest absolute Gasteiger partial charge is 0.448 e. The zero-order valence-corrected chi connectivity index (χ0v) is 10.4. The molecule has 15 heavy (non-hydrogen) atoms. The second kappa shape index (κ2) is 6.43. The van der Waals surface area contributed by atoms with E-state index in [9.17, 15) is 0 Å². The minimum atomic E-state index is 0.175. The fourth-order valence-electron chi connectivity index (χ4n) is 1.28. The average molecular weight is 250 g/mol. The molecule has 0 aliphatic heterocycles. The first-order valence-corrected chi connectivity index (χ1v) is 6.45. The molecule has 1 aromatic rings. The number of rotatable bonds is 6. The lowest BCUT2D eigenvalue weighted by atomic mass is 10.2. The van der Waals surface area contributed by atoms with Crippen LogP contribution >= 0.6 is 23.4 Å². The molecule has 0 radical (unpaired) electrons. The van der Waals surface area contributed by atoms with Gasteiger partial charge in [0.05, 0.1) is 13.2 Å². The van der Waals surface area contributed by atoms with Crippen LogP contribution in [0.15, 0.2) is 16.5 Å². The predicted molar refractivity (Wildman–Crippen MR) is 64.4 cm³/mol. The quantitative estimate of drug-likeness (QED) is 0.811. The minimum Gasteiger partial charge on any atom is -0.448 e. The van der Waals surface area contributed by atoms with Crippen molar-refractivity contribution in [2.24, 2.45) is 0 Å². The highest BCUT2D eigenvalue weighted by Gasteiger charge is 2.14. The van der Waals surface area contributed by atoms with Gasteiger partial charge in [0.25, 0.3) is 0 Å². The van der Waals surface area contributed by atoms with E-state index in [1.54, 1.807) is 17.8 Å². The molecule has 0 bridgehead atoms. The molecule has 1 rings (SSSR count).